The highest BCUT2D eigenvalue weighted by Crippen LogP contribution is 2.66. The number of ether oxygens (including phenoxy) is 2. The van der Waals surface area contributed by atoms with E-state index in [-0.39, 0.29) is 17.8 Å². The molecule has 3 nitrogen and oxygen atoms in total. The van der Waals surface area contributed by atoms with Crippen molar-refractivity contribution in [1.82, 2.24) is 0 Å². The van der Waals surface area contributed by atoms with E-state index < -0.39 is 0 Å². The van der Waals surface area contributed by atoms with Crippen molar-refractivity contribution in [2.45, 2.75) is 109 Å². The van der Waals surface area contributed by atoms with Crippen LogP contribution in [0.5, 0.6) is 0 Å². The van der Waals surface area contributed by atoms with Gasteiger partial charge in [0.25, 0.3) is 0 Å². The van der Waals surface area contributed by atoms with Crippen molar-refractivity contribution in [3.8, 4) is 0 Å². The summed E-state index contributed by atoms with van der Waals surface area (Å²) in [6.07, 6.45) is 15.5. The van der Waals surface area contributed by atoms with Gasteiger partial charge in [-0.2, -0.15) is 0 Å². The van der Waals surface area contributed by atoms with Crippen LogP contribution in [0.4, 0.5) is 0 Å². The summed E-state index contributed by atoms with van der Waals surface area (Å²) in [7, 11) is 0. The van der Waals surface area contributed by atoms with E-state index in [2.05, 4.69) is 13.8 Å². The van der Waals surface area contributed by atoms with Gasteiger partial charge in [-0.15, -0.1) is 0 Å². The second-order valence-corrected chi connectivity index (χ2v) is 11.1. The highest BCUT2D eigenvalue weighted by atomic mass is 16.7. The molecule has 1 N–H and O–H groups in total. The van der Waals surface area contributed by atoms with Crippen LogP contribution < -0.4 is 0 Å². The third-order valence-electron chi connectivity index (χ3n) is 10.0. The van der Waals surface area contributed by atoms with Gasteiger partial charge >= 0.3 is 0 Å². The van der Waals surface area contributed by atoms with Crippen molar-refractivity contribution in [2.24, 2.45) is 34.5 Å². The van der Waals surface area contributed by atoms with Gasteiger partial charge in [-0.05, 0) is 112 Å². The minimum Gasteiger partial charge on any atom is -0.393 e. The van der Waals surface area contributed by atoms with Crippen LogP contribution in [0.3, 0.4) is 0 Å². The summed E-state index contributed by atoms with van der Waals surface area (Å²) in [4.78, 5) is 0. The lowest BCUT2D eigenvalue weighted by Gasteiger charge is -2.61. The molecule has 0 aromatic carbocycles. The monoisotopic (exact) mass is 376 g/mol. The van der Waals surface area contributed by atoms with Crippen molar-refractivity contribution < 1.29 is 14.6 Å². The average Bonchev–Trinajstić information content (AvgIpc) is 2.98. The molecule has 0 amide bonds. The van der Waals surface area contributed by atoms with Gasteiger partial charge in [0, 0.05) is 6.61 Å². The SMILES string of the molecule is C[C@]12CCC3C(CC[C@H]4CC(OC5CCCCO5)CC[C@]34C)C1CCC2O. The van der Waals surface area contributed by atoms with E-state index in [0.29, 0.717) is 11.5 Å². The predicted molar refractivity (Wildman–Crippen MR) is 106 cm³/mol. The highest BCUT2D eigenvalue weighted by Gasteiger charge is 2.60. The molecule has 5 aliphatic rings. The summed E-state index contributed by atoms with van der Waals surface area (Å²) < 4.78 is 12.3. The fourth-order valence-electron chi connectivity index (χ4n) is 8.35. The summed E-state index contributed by atoms with van der Waals surface area (Å²) in [6, 6.07) is 0. The van der Waals surface area contributed by atoms with Gasteiger partial charge in [-0.25, -0.2) is 0 Å². The summed E-state index contributed by atoms with van der Waals surface area (Å²) in [5, 5.41) is 10.6. The second kappa shape index (κ2) is 6.99. The van der Waals surface area contributed by atoms with E-state index in [4.69, 9.17) is 9.47 Å². The lowest BCUT2D eigenvalue weighted by molar-refractivity contribution is -0.212. The number of fused-ring (bicyclic) bond motifs is 5. The normalized spacial score (nSPS) is 55.4. The molecule has 1 aliphatic heterocycles. The first-order chi connectivity index (χ1) is 13.0. The Morgan fingerprint density at radius 1 is 0.852 bits per heavy atom. The molecule has 6 unspecified atom stereocenters. The Morgan fingerprint density at radius 3 is 2.48 bits per heavy atom. The molecule has 1 saturated heterocycles. The Morgan fingerprint density at radius 2 is 1.67 bits per heavy atom. The number of aliphatic hydroxyl groups is 1. The zero-order chi connectivity index (χ0) is 18.6. The maximum Gasteiger partial charge on any atom is 0.157 e. The van der Waals surface area contributed by atoms with Crippen LogP contribution in [0.25, 0.3) is 0 Å². The van der Waals surface area contributed by atoms with Gasteiger partial charge in [-0.3, -0.25) is 0 Å². The zero-order valence-electron chi connectivity index (χ0n) is 17.5. The minimum atomic E-state index is -0.0476. The van der Waals surface area contributed by atoms with Crippen molar-refractivity contribution in [3.05, 3.63) is 0 Å². The summed E-state index contributed by atoms with van der Waals surface area (Å²) in [5.74, 6) is 3.35. The number of hydrogen-bond acceptors (Lipinski definition) is 3. The van der Waals surface area contributed by atoms with Gasteiger partial charge in [0.05, 0.1) is 12.2 Å². The van der Waals surface area contributed by atoms with Crippen LogP contribution in [-0.4, -0.2) is 30.2 Å². The van der Waals surface area contributed by atoms with Gasteiger partial charge in [0.2, 0.25) is 0 Å². The zero-order valence-corrected chi connectivity index (χ0v) is 17.5. The maximum absolute atomic E-state index is 10.6. The second-order valence-electron chi connectivity index (χ2n) is 11.1. The van der Waals surface area contributed by atoms with Gasteiger partial charge < -0.3 is 14.6 Å². The third-order valence-corrected chi connectivity index (χ3v) is 10.0. The van der Waals surface area contributed by atoms with E-state index in [9.17, 15) is 5.11 Å². The molecule has 3 heteroatoms. The summed E-state index contributed by atoms with van der Waals surface area (Å²) in [6.45, 7) is 5.90. The molecule has 154 valence electrons. The van der Waals surface area contributed by atoms with E-state index in [1.165, 1.54) is 64.2 Å². The third kappa shape index (κ3) is 3.02. The quantitative estimate of drug-likeness (QED) is 0.665. The minimum absolute atomic E-state index is 0.0476. The Balaban J connectivity index is 1.27. The topological polar surface area (TPSA) is 38.7 Å². The fraction of sp³-hybridized carbons (Fsp3) is 1.00. The fourth-order valence-corrected chi connectivity index (χ4v) is 8.35. The molecule has 5 fully saturated rings. The number of rotatable bonds is 2. The lowest BCUT2D eigenvalue weighted by atomic mass is 9.45. The molecule has 4 saturated carbocycles. The molecule has 0 bridgehead atoms. The van der Waals surface area contributed by atoms with Crippen LogP contribution in [0.2, 0.25) is 0 Å². The molecule has 5 rings (SSSR count). The summed E-state index contributed by atoms with van der Waals surface area (Å²) in [5.41, 5.74) is 0.716. The Labute approximate surface area is 165 Å². The maximum atomic E-state index is 10.6. The van der Waals surface area contributed by atoms with Crippen molar-refractivity contribution in [2.75, 3.05) is 6.61 Å². The van der Waals surface area contributed by atoms with Crippen molar-refractivity contribution >= 4 is 0 Å². The van der Waals surface area contributed by atoms with E-state index in [0.717, 1.165) is 43.1 Å². The summed E-state index contributed by atoms with van der Waals surface area (Å²) >= 11 is 0. The molecule has 27 heavy (non-hydrogen) atoms. The first-order valence-electron chi connectivity index (χ1n) is 12.0. The van der Waals surface area contributed by atoms with Crippen LogP contribution in [0.15, 0.2) is 0 Å². The van der Waals surface area contributed by atoms with Crippen LogP contribution in [0.1, 0.15) is 90.9 Å². The van der Waals surface area contributed by atoms with E-state index >= 15 is 0 Å². The molecular formula is C24H40O3. The van der Waals surface area contributed by atoms with Crippen LogP contribution >= 0.6 is 0 Å². The predicted octanol–water partition coefficient (Wildman–Crippen LogP) is 5.30. The molecule has 0 spiro atoms. The Hall–Kier alpha value is -0.120. The van der Waals surface area contributed by atoms with Crippen molar-refractivity contribution in [3.63, 3.8) is 0 Å². The van der Waals surface area contributed by atoms with Crippen molar-refractivity contribution in [1.29, 1.82) is 0 Å². The van der Waals surface area contributed by atoms with Crippen LogP contribution in [-0.2, 0) is 9.47 Å². The molecule has 0 aromatic heterocycles. The standard InChI is InChI=1S/C24H40O3/c1-23-12-10-17(27-22-5-3-4-14-26-22)15-16(23)6-7-18-19-8-9-21(25)24(19,2)13-11-20(18)23/h16-22,25H,3-15H2,1-2H3/t16-,17?,18?,19?,20?,21?,22?,23-,24-/m0/s1. The largest absolute Gasteiger partial charge is 0.393 e. The molecular weight excluding hydrogens is 336 g/mol. The number of aliphatic hydroxyl groups excluding tert-OH is 1. The Kier molecular flexibility index (Phi) is 4.89. The van der Waals surface area contributed by atoms with E-state index in [1.54, 1.807) is 0 Å². The Bertz CT molecular complexity index is 544. The molecule has 1 heterocycles. The smallest absolute Gasteiger partial charge is 0.157 e. The average molecular weight is 377 g/mol. The van der Waals surface area contributed by atoms with Gasteiger partial charge in [0.1, 0.15) is 0 Å². The molecule has 4 aliphatic carbocycles. The lowest BCUT2D eigenvalue weighted by Crippen LogP contribution is -2.54. The molecule has 9 atom stereocenters. The van der Waals surface area contributed by atoms with Gasteiger partial charge in [0.15, 0.2) is 6.29 Å². The first-order valence-corrected chi connectivity index (χ1v) is 12.0. The molecule has 0 aromatic rings. The van der Waals surface area contributed by atoms with E-state index in [1.807, 2.05) is 0 Å². The van der Waals surface area contributed by atoms with Gasteiger partial charge in [-0.1, -0.05) is 13.8 Å². The number of hydrogen-bond donors (Lipinski definition) is 1. The molecule has 0 radical (unpaired) electrons. The first kappa shape index (κ1) is 18.9. The van der Waals surface area contributed by atoms with Crippen LogP contribution in [0, 0.1) is 34.5 Å². The highest BCUT2D eigenvalue weighted by molar-refractivity contribution is 5.09.